The molecular weight excluding hydrogens is 280 g/mol. The maximum atomic E-state index is 6.31. The van der Waals surface area contributed by atoms with Crippen molar-refractivity contribution in [3.8, 4) is 0 Å². The van der Waals surface area contributed by atoms with Crippen LogP contribution >= 0.6 is 11.6 Å². The van der Waals surface area contributed by atoms with Crippen LogP contribution in [0.25, 0.3) is 0 Å². The van der Waals surface area contributed by atoms with Crippen molar-refractivity contribution in [2.24, 2.45) is 0 Å². The third-order valence-electron chi connectivity index (χ3n) is 4.33. The molecule has 1 aliphatic heterocycles. The van der Waals surface area contributed by atoms with Crippen molar-refractivity contribution in [3.63, 3.8) is 0 Å². The minimum absolute atomic E-state index is 0.296. The van der Waals surface area contributed by atoms with E-state index in [1.165, 1.54) is 22.4 Å². The number of anilines is 1. The van der Waals surface area contributed by atoms with E-state index in [2.05, 4.69) is 48.5 Å². The molecule has 0 bridgehead atoms. The van der Waals surface area contributed by atoms with Gasteiger partial charge in [-0.15, -0.1) is 0 Å². The van der Waals surface area contributed by atoms with Gasteiger partial charge in [0.2, 0.25) is 0 Å². The Morgan fingerprint density at radius 2 is 2.05 bits per heavy atom. The topological polar surface area (TPSA) is 15.3 Å². The highest BCUT2D eigenvalue weighted by Gasteiger charge is 2.16. The molecule has 0 spiro atoms. The number of hydrogen-bond donors (Lipinski definition) is 1. The number of benzene rings is 2. The van der Waals surface area contributed by atoms with Crippen LogP contribution in [0.2, 0.25) is 5.02 Å². The Balaban J connectivity index is 1.74. The Morgan fingerprint density at radius 3 is 2.86 bits per heavy atom. The van der Waals surface area contributed by atoms with Crippen LogP contribution in [-0.4, -0.2) is 18.5 Å². The van der Waals surface area contributed by atoms with E-state index in [1.807, 2.05) is 18.2 Å². The van der Waals surface area contributed by atoms with Crippen LogP contribution in [0.15, 0.2) is 42.5 Å². The summed E-state index contributed by atoms with van der Waals surface area (Å²) in [6, 6.07) is 15.1. The van der Waals surface area contributed by atoms with Crippen LogP contribution in [0.3, 0.4) is 0 Å². The van der Waals surface area contributed by atoms with E-state index in [-0.39, 0.29) is 0 Å². The molecule has 0 saturated heterocycles. The van der Waals surface area contributed by atoms with Gasteiger partial charge in [-0.25, -0.2) is 0 Å². The molecule has 0 fully saturated rings. The Labute approximate surface area is 131 Å². The summed E-state index contributed by atoms with van der Waals surface area (Å²) in [5.41, 5.74) is 5.27. The van der Waals surface area contributed by atoms with Crippen molar-refractivity contribution in [3.05, 3.63) is 64.2 Å². The Kier molecular flexibility index (Phi) is 4.18. The van der Waals surface area contributed by atoms with Gasteiger partial charge in [0.15, 0.2) is 0 Å². The van der Waals surface area contributed by atoms with Crippen molar-refractivity contribution in [2.45, 2.75) is 25.9 Å². The molecule has 0 aromatic heterocycles. The van der Waals surface area contributed by atoms with Gasteiger partial charge in [0.05, 0.1) is 0 Å². The lowest BCUT2D eigenvalue weighted by Gasteiger charge is -2.26. The third-order valence-corrected chi connectivity index (χ3v) is 4.67. The van der Waals surface area contributed by atoms with Crippen LogP contribution in [-0.2, 0) is 13.0 Å². The lowest BCUT2D eigenvalue weighted by atomic mass is 10.0. The molecule has 2 aromatic rings. The molecule has 21 heavy (non-hydrogen) atoms. The largest absolute Gasteiger partial charge is 0.384 e. The number of fused-ring (bicyclic) bond motifs is 1. The summed E-state index contributed by atoms with van der Waals surface area (Å²) >= 11 is 6.31. The van der Waals surface area contributed by atoms with E-state index in [0.717, 1.165) is 24.5 Å². The SMILES string of the molecule is CC(c1ccccc1Cl)N(C)Cc1ccc2c(c1)CCN2. The zero-order valence-electron chi connectivity index (χ0n) is 12.6. The van der Waals surface area contributed by atoms with Crippen molar-refractivity contribution >= 4 is 17.3 Å². The average molecular weight is 301 g/mol. The van der Waals surface area contributed by atoms with Gasteiger partial charge in [-0.3, -0.25) is 4.90 Å². The van der Waals surface area contributed by atoms with Gasteiger partial charge < -0.3 is 5.32 Å². The number of hydrogen-bond acceptors (Lipinski definition) is 2. The fraction of sp³-hybridized carbons (Fsp3) is 0.333. The second kappa shape index (κ2) is 6.08. The first kappa shape index (κ1) is 14.4. The summed E-state index contributed by atoms with van der Waals surface area (Å²) in [6.45, 7) is 4.19. The molecule has 0 amide bonds. The highest BCUT2D eigenvalue weighted by Crippen LogP contribution is 2.28. The van der Waals surface area contributed by atoms with Crippen LogP contribution in [0.5, 0.6) is 0 Å². The Morgan fingerprint density at radius 1 is 1.24 bits per heavy atom. The minimum Gasteiger partial charge on any atom is -0.384 e. The van der Waals surface area contributed by atoms with Crippen LogP contribution < -0.4 is 5.32 Å². The third kappa shape index (κ3) is 3.07. The van der Waals surface area contributed by atoms with Crippen LogP contribution in [0, 0.1) is 0 Å². The zero-order valence-corrected chi connectivity index (χ0v) is 13.3. The molecule has 3 rings (SSSR count). The molecule has 2 nitrogen and oxygen atoms in total. The zero-order chi connectivity index (χ0) is 14.8. The van der Waals surface area contributed by atoms with Crippen molar-refractivity contribution < 1.29 is 0 Å². The number of halogens is 1. The van der Waals surface area contributed by atoms with Gasteiger partial charge >= 0.3 is 0 Å². The Bertz CT molecular complexity index is 639. The monoisotopic (exact) mass is 300 g/mol. The summed E-state index contributed by atoms with van der Waals surface area (Å²) in [5.74, 6) is 0. The fourth-order valence-electron chi connectivity index (χ4n) is 2.93. The molecule has 1 N–H and O–H groups in total. The summed E-state index contributed by atoms with van der Waals surface area (Å²) in [5, 5.41) is 4.25. The summed E-state index contributed by atoms with van der Waals surface area (Å²) < 4.78 is 0. The molecular formula is C18H21ClN2. The normalized spacial score (nSPS) is 14.9. The number of nitrogens with zero attached hydrogens (tertiary/aromatic N) is 1. The molecule has 1 aliphatic rings. The maximum absolute atomic E-state index is 6.31. The fourth-order valence-corrected chi connectivity index (χ4v) is 3.23. The highest BCUT2D eigenvalue weighted by atomic mass is 35.5. The quantitative estimate of drug-likeness (QED) is 0.894. The van der Waals surface area contributed by atoms with E-state index >= 15 is 0 Å². The van der Waals surface area contributed by atoms with Crippen molar-refractivity contribution in [1.29, 1.82) is 0 Å². The van der Waals surface area contributed by atoms with Crippen molar-refractivity contribution in [2.75, 3.05) is 18.9 Å². The summed E-state index contributed by atoms with van der Waals surface area (Å²) in [4.78, 5) is 2.34. The van der Waals surface area contributed by atoms with Gasteiger partial charge in [-0.1, -0.05) is 41.9 Å². The van der Waals surface area contributed by atoms with Gasteiger partial charge in [0, 0.05) is 29.8 Å². The molecule has 3 heteroatoms. The lowest BCUT2D eigenvalue weighted by molar-refractivity contribution is 0.253. The van der Waals surface area contributed by atoms with Gasteiger partial charge in [-0.05, 0) is 49.2 Å². The van der Waals surface area contributed by atoms with E-state index in [4.69, 9.17) is 11.6 Å². The summed E-state index contributed by atoms with van der Waals surface area (Å²) in [6.07, 6.45) is 1.13. The summed E-state index contributed by atoms with van der Waals surface area (Å²) in [7, 11) is 2.15. The Hall–Kier alpha value is -1.51. The molecule has 2 aromatic carbocycles. The molecule has 110 valence electrons. The minimum atomic E-state index is 0.296. The molecule has 1 heterocycles. The van der Waals surface area contributed by atoms with E-state index in [0.29, 0.717) is 6.04 Å². The second-order valence-electron chi connectivity index (χ2n) is 5.78. The number of nitrogens with one attached hydrogen (secondary N) is 1. The average Bonchev–Trinajstić information content (AvgIpc) is 2.94. The maximum Gasteiger partial charge on any atom is 0.0453 e. The predicted octanol–water partition coefficient (Wildman–Crippen LogP) is 4.50. The van der Waals surface area contributed by atoms with Crippen LogP contribution in [0.4, 0.5) is 5.69 Å². The molecule has 1 atom stereocenters. The second-order valence-corrected chi connectivity index (χ2v) is 6.19. The predicted molar refractivity (Wildman–Crippen MR) is 90.0 cm³/mol. The van der Waals surface area contributed by atoms with Gasteiger partial charge in [-0.2, -0.15) is 0 Å². The number of rotatable bonds is 4. The van der Waals surface area contributed by atoms with E-state index < -0.39 is 0 Å². The molecule has 0 saturated carbocycles. The molecule has 1 unspecified atom stereocenters. The van der Waals surface area contributed by atoms with E-state index in [1.54, 1.807) is 0 Å². The van der Waals surface area contributed by atoms with Crippen LogP contribution in [0.1, 0.15) is 29.7 Å². The van der Waals surface area contributed by atoms with E-state index in [9.17, 15) is 0 Å². The lowest BCUT2D eigenvalue weighted by Crippen LogP contribution is -2.22. The first-order chi connectivity index (χ1) is 10.1. The van der Waals surface area contributed by atoms with Crippen molar-refractivity contribution in [1.82, 2.24) is 4.90 Å². The standard InChI is InChI=1S/C18H21ClN2/c1-13(16-5-3-4-6-17(16)19)21(2)12-14-7-8-18-15(11-14)9-10-20-18/h3-8,11,13,20H,9-10,12H2,1-2H3. The first-order valence-corrected chi connectivity index (χ1v) is 7.83. The first-order valence-electron chi connectivity index (χ1n) is 7.45. The molecule has 0 radical (unpaired) electrons. The molecule has 0 aliphatic carbocycles. The smallest absolute Gasteiger partial charge is 0.0453 e. The van der Waals surface area contributed by atoms with Gasteiger partial charge in [0.25, 0.3) is 0 Å². The van der Waals surface area contributed by atoms with Gasteiger partial charge in [0.1, 0.15) is 0 Å². The highest BCUT2D eigenvalue weighted by molar-refractivity contribution is 6.31.